The Kier molecular flexibility index (Phi) is 4.75. The van der Waals surface area contributed by atoms with Gasteiger partial charge in [-0.05, 0) is 85.3 Å². The van der Waals surface area contributed by atoms with Crippen LogP contribution in [0.15, 0.2) is 56.8 Å². The topological polar surface area (TPSA) is 66.4 Å². The number of carbonyl (C=O) groups is 2. The number of anilines is 1. The van der Waals surface area contributed by atoms with E-state index in [0.717, 1.165) is 5.56 Å². The Morgan fingerprint density at radius 3 is 2.52 bits per heavy atom. The van der Waals surface area contributed by atoms with Crippen molar-refractivity contribution in [2.45, 2.75) is 0 Å². The highest BCUT2D eigenvalue weighted by atomic mass is 79.9. The summed E-state index contributed by atoms with van der Waals surface area (Å²) in [7, 11) is 0. The van der Waals surface area contributed by atoms with Gasteiger partial charge in [0.2, 0.25) is 5.78 Å². The molecule has 0 fully saturated rings. The molecule has 1 amide bonds. The van der Waals surface area contributed by atoms with Gasteiger partial charge in [0.05, 0.1) is 13.8 Å². The molecule has 0 aliphatic carbocycles. The van der Waals surface area contributed by atoms with Gasteiger partial charge in [0.15, 0.2) is 0 Å². The number of benzene rings is 2. The lowest BCUT2D eigenvalue weighted by Gasteiger charge is -2.05. The molecular formula is C20H11Br2NO3S. The third-order valence-corrected chi connectivity index (χ3v) is 6.24. The van der Waals surface area contributed by atoms with E-state index >= 15 is 0 Å². The van der Waals surface area contributed by atoms with E-state index in [1.54, 1.807) is 42.5 Å². The number of halogens is 2. The van der Waals surface area contributed by atoms with Crippen LogP contribution in [0.2, 0.25) is 0 Å². The molecule has 7 heteroatoms. The number of hydrogen-bond acceptors (Lipinski definition) is 4. The van der Waals surface area contributed by atoms with E-state index in [4.69, 9.17) is 0 Å². The first-order valence-corrected chi connectivity index (χ1v) is 10.3. The van der Waals surface area contributed by atoms with E-state index in [0.29, 0.717) is 36.2 Å². The van der Waals surface area contributed by atoms with Crippen LogP contribution in [-0.2, 0) is 4.79 Å². The molecule has 0 radical (unpaired) electrons. The number of hydrogen-bond donors (Lipinski definition) is 2. The van der Waals surface area contributed by atoms with Gasteiger partial charge in [-0.25, -0.2) is 0 Å². The van der Waals surface area contributed by atoms with Crippen molar-refractivity contribution in [2.24, 2.45) is 0 Å². The third kappa shape index (κ3) is 3.38. The molecule has 0 unspecified atom stereocenters. The number of fused-ring (bicyclic) bond motifs is 1. The van der Waals surface area contributed by atoms with Crippen molar-refractivity contribution in [3.8, 4) is 5.75 Å². The van der Waals surface area contributed by atoms with Crippen molar-refractivity contribution in [3.05, 3.63) is 78.4 Å². The number of amides is 1. The molecule has 2 aromatic carbocycles. The number of nitrogens with one attached hydrogen (secondary N) is 1. The molecule has 1 aromatic heterocycles. The fourth-order valence-electron chi connectivity index (χ4n) is 2.86. The minimum atomic E-state index is -0.231. The lowest BCUT2D eigenvalue weighted by atomic mass is 9.99. The van der Waals surface area contributed by atoms with Crippen LogP contribution in [0.3, 0.4) is 0 Å². The molecule has 1 aliphatic heterocycles. The third-order valence-electron chi connectivity index (χ3n) is 4.16. The van der Waals surface area contributed by atoms with E-state index in [-0.39, 0.29) is 17.4 Å². The van der Waals surface area contributed by atoms with Crippen LogP contribution in [0.1, 0.15) is 26.4 Å². The average Bonchev–Trinajstić information content (AvgIpc) is 3.27. The van der Waals surface area contributed by atoms with Crippen LogP contribution in [0.5, 0.6) is 5.75 Å². The van der Waals surface area contributed by atoms with Crippen LogP contribution < -0.4 is 5.32 Å². The van der Waals surface area contributed by atoms with E-state index in [2.05, 4.69) is 37.2 Å². The molecule has 4 rings (SSSR count). The van der Waals surface area contributed by atoms with E-state index in [1.807, 2.05) is 11.4 Å². The maximum atomic E-state index is 12.6. The monoisotopic (exact) mass is 503 g/mol. The second-order valence-corrected chi connectivity index (χ2v) is 8.57. The van der Waals surface area contributed by atoms with Gasteiger partial charge in [0, 0.05) is 22.4 Å². The highest BCUT2D eigenvalue weighted by Gasteiger charge is 2.25. The number of ketones is 1. The number of rotatable bonds is 3. The zero-order valence-electron chi connectivity index (χ0n) is 13.6. The largest absolute Gasteiger partial charge is 0.506 e. The number of carbonyl (C=O) groups excluding carboxylic acids is 2. The second kappa shape index (κ2) is 7.07. The van der Waals surface area contributed by atoms with Crippen molar-refractivity contribution in [1.29, 1.82) is 0 Å². The molecule has 0 saturated carbocycles. The first-order chi connectivity index (χ1) is 12.9. The predicted octanol–water partition coefficient (Wildman–Crippen LogP) is 5.70. The summed E-state index contributed by atoms with van der Waals surface area (Å²) in [4.78, 5) is 25.7. The molecule has 4 nitrogen and oxygen atoms in total. The molecule has 0 bridgehead atoms. The van der Waals surface area contributed by atoms with Gasteiger partial charge in [0.1, 0.15) is 5.75 Å². The Labute approximate surface area is 175 Å². The molecule has 134 valence electrons. The quantitative estimate of drug-likeness (QED) is 0.355. The molecule has 27 heavy (non-hydrogen) atoms. The summed E-state index contributed by atoms with van der Waals surface area (Å²) in [5.41, 5.74) is 3.09. The molecule has 2 N–H and O–H groups in total. The fourth-order valence-corrected chi connectivity index (χ4v) is 4.77. The predicted molar refractivity (Wildman–Crippen MR) is 114 cm³/mol. The molecule has 1 aliphatic rings. The highest BCUT2D eigenvalue weighted by Crippen LogP contribution is 2.37. The van der Waals surface area contributed by atoms with Crippen LogP contribution in [0, 0.1) is 0 Å². The summed E-state index contributed by atoms with van der Waals surface area (Å²) in [6.45, 7) is 0. The van der Waals surface area contributed by atoms with Gasteiger partial charge >= 0.3 is 0 Å². The van der Waals surface area contributed by atoms with Gasteiger partial charge in [0.25, 0.3) is 5.91 Å². The summed E-state index contributed by atoms with van der Waals surface area (Å²) in [5, 5.41) is 14.5. The summed E-state index contributed by atoms with van der Waals surface area (Å²) in [6.07, 6.45) is 1.73. The van der Waals surface area contributed by atoms with E-state index in [9.17, 15) is 14.7 Å². The van der Waals surface area contributed by atoms with Crippen LogP contribution in [-0.4, -0.2) is 16.8 Å². The van der Waals surface area contributed by atoms with Crippen molar-refractivity contribution in [3.63, 3.8) is 0 Å². The first kappa shape index (κ1) is 18.2. The minimum Gasteiger partial charge on any atom is -0.506 e. The number of thiophene rings is 1. The molecular weight excluding hydrogens is 494 g/mol. The molecule has 0 spiro atoms. The fraction of sp³-hybridized carbons (Fsp3) is 0. The van der Waals surface area contributed by atoms with E-state index in [1.165, 1.54) is 11.3 Å². The van der Waals surface area contributed by atoms with Crippen molar-refractivity contribution in [1.82, 2.24) is 0 Å². The Balaban J connectivity index is 1.78. The first-order valence-electron chi connectivity index (χ1n) is 7.88. The second-order valence-electron chi connectivity index (χ2n) is 5.91. The average molecular weight is 505 g/mol. The lowest BCUT2D eigenvalue weighted by Crippen LogP contribution is -2.03. The maximum Gasteiger partial charge on any atom is 0.256 e. The Bertz CT molecular complexity index is 1100. The van der Waals surface area contributed by atoms with Crippen LogP contribution in [0.4, 0.5) is 5.69 Å². The maximum absolute atomic E-state index is 12.6. The number of phenolic OH excluding ortho intramolecular Hbond substituents is 1. The van der Waals surface area contributed by atoms with Crippen LogP contribution >= 0.6 is 43.2 Å². The summed E-state index contributed by atoms with van der Waals surface area (Å²) in [5.74, 6) is -0.204. The van der Waals surface area contributed by atoms with Crippen molar-refractivity contribution in [2.75, 3.05) is 5.32 Å². The highest BCUT2D eigenvalue weighted by molar-refractivity contribution is 9.11. The summed E-state index contributed by atoms with van der Waals surface area (Å²) < 4.78 is 1.04. The van der Waals surface area contributed by atoms with Gasteiger partial charge in [-0.1, -0.05) is 6.07 Å². The Morgan fingerprint density at radius 2 is 1.85 bits per heavy atom. The van der Waals surface area contributed by atoms with Gasteiger partial charge < -0.3 is 10.4 Å². The van der Waals surface area contributed by atoms with E-state index < -0.39 is 0 Å². The zero-order valence-corrected chi connectivity index (χ0v) is 17.6. The Morgan fingerprint density at radius 1 is 1.11 bits per heavy atom. The smallest absolute Gasteiger partial charge is 0.256 e. The standard InChI is InChI=1S/C20H11Br2NO3S/c21-14-7-10(8-15(22)19(14)25)6-13-12-9-11(3-4-16(12)23-20(13)26)18(24)17-2-1-5-27-17/h1-9,25H,(H,23,26). The molecule has 0 atom stereocenters. The zero-order chi connectivity index (χ0) is 19.1. The van der Waals surface area contributed by atoms with Gasteiger partial charge in [-0.15, -0.1) is 11.3 Å². The number of aromatic hydroxyl groups is 1. The lowest BCUT2D eigenvalue weighted by molar-refractivity contribution is -0.110. The normalized spacial score (nSPS) is 14.3. The van der Waals surface area contributed by atoms with Crippen molar-refractivity contribution < 1.29 is 14.7 Å². The minimum absolute atomic E-state index is 0.0679. The van der Waals surface area contributed by atoms with Crippen molar-refractivity contribution >= 4 is 72.2 Å². The molecule has 0 saturated heterocycles. The Hall–Kier alpha value is -2.22. The number of phenols is 1. The van der Waals surface area contributed by atoms with Crippen LogP contribution in [0.25, 0.3) is 11.6 Å². The van der Waals surface area contributed by atoms with Gasteiger partial charge in [-0.3, -0.25) is 9.59 Å². The molecule has 2 heterocycles. The summed E-state index contributed by atoms with van der Waals surface area (Å²) >= 11 is 7.97. The SMILES string of the molecule is O=C1Nc2ccc(C(=O)c3cccs3)cc2C1=Cc1cc(Br)c(O)c(Br)c1. The molecule has 3 aromatic rings. The summed E-state index contributed by atoms with van der Waals surface area (Å²) in [6, 6.07) is 12.3. The van der Waals surface area contributed by atoms with Gasteiger partial charge in [-0.2, -0.15) is 0 Å².